The molecule has 0 amide bonds. The molecule has 2 aromatic rings. The molecule has 416 valence electrons. The number of benzene rings is 2. The minimum atomic E-state index is -1.41. The van der Waals surface area contributed by atoms with Crippen LogP contribution >= 0.6 is 48.0 Å². The molecule has 14 heteroatoms. The molecule has 0 aromatic heterocycles. The van der Waals surface area contributed by atoms with Gasteiger partial charge in [0.2, 0.25) is 0 Å². The van der Waals surface area contributed by atoms with Gasteiger partial charge in [0.05, 0.1) is 0 Å². The number of nitrogens with one attached hydrogen (secondary N) is 2. The molecule has 4 unspecified atom stereocenters. The molecule has 2 heterocycles. The largest absolute Gasteiger partial charge is 0.465 e. The quantitative estimate of drug-likeness (QED) is 0.0214. The Balaban J connectivity index is 0.00000913. The van der Waals surface area contributed by atoms with Gasteiger partial charge in [0, 0.05) is 49.1 Å². The highest BCUT2D eigenvalue weighted by atomic mass is 127. The Morgan fingerprint density at radius 3 is 1.08 bits per heavy atom. The second-order valence-electron chi connectivity index (χ2n) is 21.0. The summed E-state index contributed by atoms with van der Waals surface area (Å²) < 4.78 is 23.7. The van der Waals surface area contributed by atoms with Crippen LogP contribution < -0.4 is 22.1 Å². The molecule has 73 heavy (non-hydrogen) atoms. The fraction of sp³-hybridized carbons (Fsp3) is 0.729. The lowest BCUT2D eigenvalue weighted by Crippen LogP contribution is -2.46. The molecule has 0 saturated carbocycles. The maximum absolute atomic E-state index is 13.7. The number of carbonyl (C=O) groups excluding carboxylic acids is 4. The lowest BCUT2D eigenvalue weighted by molar-refractivity contribution is -0.171. The van der Waals surface area contributed by atoms with E-state index in [1.807, 2.05) is 48.5 Å². The molecule has 0 aliphatic carbocycles. The van der Waals surface area contributed by atoms with Crippen molar-refractivity contribution < 1.29 is 38.1 Å². The van der Waals surface area contributed by atoms with Gasteiger partial charge in [-0.15, -0.1) is 48.0 Å². The van der Waals surface area contributed by atoms with E-state index in [1.54, 1.807) is 0 Å². The fourth-order valence-corrected chi connectivity index (χ4v) is 10.0. The highest BCUT2D eigenvalue weighted by molar-refractivity contribution is 14.0. The molecule has 0 saturated heterocycles. The van der Waals surface area contributed by atoms with E-state index in [4.69, 9.17) is 30.4 Å². The third-order valence-corrected chi connectivity index (χ3v) is 14.7. The van der Waals surface area contributed by atoms with Crippen molar-refractivity contribution in [2.24, 2.45) is 16.9 Å². The van der Waals surface area contributed by atoms with Gasteiger partial charge in [-0.25, -0.2) is 0 Å². The number of ether oxygens (including phenoxy) is 4. The summed E-state index contributed by atoms with van der Waals surface area (Å²) in [5.41, 5.74) is 15.8. The summed E-state index contributed by atoms with van der Waals surface area (Å²) in [5, 5.41) is 6.76. The van der Waals surface area contributed by atoms with E-state index in [0.717, 1.165) is 61.0 Å². The van der Waals surface area contributed by atoms with Crippen molar-refractivity contribution in [2.45, 2.75) is 230 Å². The summed E-state index contributed by atoms with van der Waals surface area (Å²) in [5.74, 6) is -2.10. The zero-order valence-corrected chi connectivity index (χ0v) is 49.8. The zero-order chi connectivity index (χ0) is 50.8. The molecule has 0 radical (unpaired) electrons. The molecule has 12 nitrogen and oxygen atoms in total. The van der Waals surface area contributed by atoms with Crippen molar-refractivity contribution in [2.75, 3.05) is 50.2 Å². The first-order chi connectivity index (χ1) is 34.6. The first-order valence-corrected chi connectivity index (χ1v) is 28.5. The lowest BCUT2D eigenvalue weighted by Gasteiger charge is -2.32. The zero-order valence-electron chi connectivity index (χ0n) is 45.1. The van der Waals surface area contributed by atoms with E-state index in [2.05, 4.69) is 24.5 Å². The van der Waals surface area contributed by atoms with Gasteiger partial charge in [0.1, 0.15) is 43.9 Å². The predicted octanol–water partition coefficient (Wildman–Crippen LogP) is 14.2. The van der Waals surface area contributed by atoms with Gasteiger partial charge >= 0.3 is 23.9 Å². The minimum Gasteiger partial charge on any atom is -0.465 e. The van der Waals surface area contributed by atoms with Crippen LogP contribution in [0.3, 0.4) is 0 Å². The standard InChI is InChI=1S/C59H96N4O8.2HI/c1-3-5-7-9-11-13-15-17-19-21-23-25-27-37-55(64)68-43-59(45-70-57(66)51(60)39-47-41-62-53-35-31-29-33-49(47)53,46-71-58(67)52(61)40-48-42-63-54-36-32-30-34-50(48)54)44-69-56(65)38-28-26-24-22-20-18-16-14-12-10-8-6-4-2;;/h29-36,47-48,51-52,62-63H,3-28,37-46,60-61H2,1-2H3;2*1H. The summed E-state index contributed by atoms with van der Waals surface area (Å²) in [6.07, 6.45) is 32.1. The van der Waals surface area contributed by atoms with Gasteiger partial charge in [0.25, 0.3) is 0 Å². The number of halogens is 2. The molecule has 2 aliphatic rings. The molecule has 4 rings (SSSR count). The number of nitrogens with two attached hydrogens (primary N) is 2. The van der Waals surface area contributed by atoms with Gasteiger partial charge < -0.3 is 41.0 Å². The third kappa shape index (κ3) is 27.3. The Hall–Kier alpha value is -2.70. The SMILES string of the molecule is CCCCCCCCCCCCCCCC(=O)OCC(COC(=O)CCCCCCCCCCCCCCC)(COC(=O)C(N)CC1CNc2ccccc21)COC(=O)C(N)CC1CNc2ccccc21.I.I. The van der Waals surface area contributed by atoms with Crippen molar-refractivity contribution in [3.05, 3.63) is 59.7 Å². The Kier molecular flexibility index (Phi) is 36.9. The minimum absolute atomic E-state index is 0. The van der Waals surface area contributed by atoms with Crippen LogP contribution in [0.25, 0.3) is 0 Å². The van der Waals surface area contributed by atoms with Crippen LogP contribution in [0.2, 0.25) is 0 Å². The molecule has 2 aliphatic heterocycles. The number of rotatable bonds is 42. The maximum Gasteiger partial charge on any atom is 0.322 e. The fourth-order valence-electron chi connectivity index (χ4n) is 10.0. The van der Waals surface area contributed by atoms with E-state index in [1.165, 1.54) is 116 Å². The van der Waals surface area contributed by atoms with Crippen molar-refractivity contribution >= 4 is 83.2 Å². The van der Waals surface area contributed by atoms with Crippen LogP contribution in [0.5, 0.6) is 0 Å². The molecule has 0 fully saturated rings. The predicted molar refractivity (Wildman–Crippen MR) is 318 cm³/mol. The summed E-state index contributed by atoms with van der Waals surface area (Å²) in [6, 6.07) is 14.0. The average molecular weight is 1250 g/mol. The number of unbranched alkanes of at least 4 members (excludes halogenated alkanes) is 24. The molecule has 4 atom stereocenters. The Morgan fingerprint density at radius 1 is 0.466 bits per heavy atom. The van der Waals surface area contributed by atoms with Crippen molar-refractivity contribution in [1.82, 2.24) is 0 Å². The lowest BCUT2D eigenvalue weighted by atomic mass is 9.91. The van der Waals surface area contributed by atoms with Crippen LogP contribution in [-0.2, 0) is 38.1 Å². The molecular formula is C59H98I2N4O8. The van der Waals surface area contributed by atoms with E-state index in [-0.39, 0.29) is 99.1 Å². The summed E-state index contributed by atoms with van der Waals surface area (Å²) in [7, 11) is 0. The topological polar surface area (TPSA) is 181 Å². The van der Waals surface area contributed by atoms with Crippen LogP contribution in [0.15, 0.2) is 48.5 Å². The Bertz CT molecular complexity index is 1680. The number of para-hydroxylation sites is 2. The number of esters is 4. The number of anilines is 2. The first-order valence-electron chi connectivity index (χ1n) is 28.5. The Labute approximate surface area is 475 Å². The van der Waals surface area contributed by atoms with Gasteiger partial charge in [-0.1, -0.05) is 204 Å². The van der Waals surface area contributed by atoms with E-state index >= 15 is 0 Å². The highest BCUT2D eigenvalue weighted by Gasteiger charge is 2.40. The molecule has 0 spiro atoms. The van der Waals surface area contributed by atoms with Crippen LogP contribution in [0.4, 0.5) is 11.4 Å². The van der Waals surface area contributed by atoms with E-state index in [0.29, 0.717) is 38.8 Å². The normalized spacial score (nSPS) is 15.3. The van der Waals surface area contributed by atoms with Crippen LogP contribution in [-0.4, -0.2) is 75.5 Å². The average Bonchev–Trinajstić information content (AvgIpc) is 3.99. The van der Waals surface area contributed by atoms with Crippen LogP contribution in [0.1, 0.15) is 229 Å². The second-order valence-corrected chi connectivity index (χ2v) is 21.0. The first kappa shape index (κ1) is 66.4. The number of hydrogen-bond donors (Lipinski definition) is 4. The molecule has 6 N–H and O–H groups in total. The van der Waals surface area contributed by atoms with E-state index < -0.39 is 41.4 Å². The molecule has 0 bridgehead atoms. The van der Waals surface area contributed by atoms with Gasteiger partial charge in [-0.3, -0.25) is 19.2 Å². The smallest absolute Gasteiger partial charge is 0.322 e. The highest BCUT2D eigenvalue weighted by Crippen LogP contribution is 2.35. The van der Waals surface area contributed by atoms with Gasteiger partial charge in [-0.2, -0.15) is 0 Å². The number of hydrogen-bond acceptors (Lipinski definition) is 12. The van der Waals surface area contributed by atoms with Gasteiger partial charge in [0.15, 0.2) is 0 Å². The summed E-state index contributed by atoms with van der Waals surface area (Å²) in [4.78, 5) is 54.1. The van der Waals surface area contributed by atoms with Gasteiger partial charge in [-0.05, 0) is 48.9 Å². The van der Waals surface area contributed by atoms with Crippen molar-refractivity contribution in [3.63, 3.8) is 0 Å². The van der Waals surface area contributed by atoms with Crippen molar-refractivity contribution in [3.8, 4) is 0 Å². The van der Waals surface area contributed by atoms with Crippen LogP contribution in [0, 0.1) is 5.41 Å². The molecule has 2 aromatic carbocycles. The number of carbonyl (C=O) groups is 4. The second kappa shape index (κ2) is 40.5. The summed E-state index contributed by atoms with van der Waals surface area (Å²) in [6.45, 7) is 4.46. The third-order valence-electron chi connectivity index (χ3n) is 14.7. The monoisotopic (exact) mass is 1240 g/mol. The van der Waals surface area contributed by atoms with E-state index in [9.17, 15) is 19.2 Å². The Morgan fingerprint density at radius 2 is 0.753 bits per heavy atom. The summed E-state index contributed by atoms with van der Waals surface area (Å²) >= 11 is 0. The number of fused-ring (bicyclic) bond motifs is 2. The molecular weight excluding hydrogens is 1150 g/mol. The van der Waals surface area contributed by atoms with Crippen molar-refractivity contribution in [1.29, 1.82) is 0 Å². The maximum atomic E-state index is 13.7.